The van der Waals surface area contributed by atoms with Gasteiger partial charge < -0.3 is 0 Å². The van der Waals surface area contributed by atoms with Crippen molar-refractivity contribution in [3.8, 4) is 11.8 Å². The Bertz CT molecular complexity index is 580. The van der Waals surface area contributed by atoms with E-state index >= 15 is 0 Å². The molecule has 6 rings (SSSR count). The van der Waals surface area contributed by atoms with Crippen LogP contribution in [0.4, 0.5) is 0 Å². The quantitative estimate of drug-likeness (QED) is 0.555. The summed E-state index contributed by atoms with van der Waals surface area (Å²) in [5, 5.41) is 0. The molecule has 0 radical (unpaired) electrons. The summed E-state index contributed by atoms with van der Waals surface area (Å²) in [6.45, 7) is 14.6. The minimum atomic E-state index is -0.187. The van der Waals surface area contributed by atoms with Crippen molar-refractivity contribution < 1.29 is 0 Å². The van der Waals surface area contributed by atoms with Gasteiger partial charge in [-0.2, -0.15) is 0 Å². The molecule has 6 heterocycles. The lowest BCUT2D eigenvalue weighted by Gasteiger charge is -2.52. The van der Waals surface area contributed by atoms with E-state index < -0.39 is 0 Å². The van der Waals surface area contributed by atoms with E-state index in [2.05, 4.69) is 41.2 Å². The third-order valence-electron chi connectivity index (χ3n) is 9.68. The van der Waals surface area contributed by atoms with Crippen LogP contribution >= 0.6 is 0 Å². The summed E-state index contributed by atoms with van der Waals surface area (Å²) in [4.78, 5) is 16.8. The molecule has 6 fully saturated rings. The van der Waals surface area contributed by atoms with Gasteiger partial charge in [0.1, 0.15) is 0 Å². The highest BCUT2D eigenvalue weighted by molar-refractivity contribution is 5.27. The molecule has 0 atom stereocenters. The van der Waals surface area contributed by atoms with Crippen LogP contribution in [-0.2, 0) is 0 Å². The molecule has 0 aromatic rings. The normalized spacial score (nSPS) is 29.5. The van der Waals surface area contributed by atoms with Gasteiger partial charge in [-0.25, -0.2) is 0 Å². The molecular weight excluding hydrogens is 420 g/mol. The van der Waals surface area contributed by atoms with Crippen LogP contribution < -0.4 is 0 Å². The second kappa shape index (κ2) is 10.4. The molecule has 0 unspecified atom stereocenters. The van der Waals surface area contributed by atoms with Gasteiger partial charge in [0.25, 0.3) is 0 Å². The molecule has 6 saturated heterocycles. The third kappa shape index (κ3) is 4.05. The standard InChI is InChI=1S/C28H48N6/c1-2-16-29(15-1)27(30-17-3-4-18-30,31-19-5-6-20-31)13-14-28(32-21-7-8-22-32,33-23-9-10-24-33)34-25-11-12-26-34/h1-12,15-26H2. The van der Waals surface area contributed by atoms with Gasteiger partial charge in [0.2, 0.25) is 0 Å². The van der Waals surface area contributed by atoms with Gasteiger partial charge >= 0.3 is 0 Å². The van der Waals surface area contributed by atoms with Crippen molar-refractivity contribution in [2.45, 2.75) is 88.6 Å². The average molecular weight is 469 g/mol. The molecule has 0 spiro atoms. The third-order valence-corrected chi connectivity index (χ3v) is 9.68. The summed E-state index contributed by atoms with van der Waals surface area (Å²) in [7, 11) is 0. The molecule has 0 saturated carbocycles. The zero-order chi connectivity index (χ0) is 22.8. The van der Waals surface area contributed by atoms with Crippen LogP contribution in [0, 0.1) is 11.8 Å². The van der Waals surface area contributed by atoms with Crippen LogP contribution in [-0.4, -0.2) is 120 Å². The largest absolute Gasteiger partial charge is 0.262 e. The Morgan fingerprint density at radius 3 is 0.559 bits per heavy atom. The maximum Gasteiger partial charge on any atom is 0.196 e. The molecule has 0 aromatic carbocycles. The van der Waals surface area contributed by atoms with Gasteiger partial charge in [0.05, 0.1) is 0 Å². The van der Waals surface area contributed by atoms with E-state index in [1.54, 1.807) is 0 Å². The Morgan fingerprint density at radius 2 is 0.412 bits per heavy atom. The number of hydrogen-bond donors (Lipinski definition) is 0. The molecule has 6 aliphatic heterocycles. The van der Waals surface area contributed by atoms with Gasteiger partial charge in [-0.1, -0.05) is 0 Å². The van der Waals surface area contributed by atoms with Gasteiger partial charge in [-0.15, -0.1) is 0 Å². The van der Waals surface area contributed by atoms with E-state index in [0.29, 0.717) is 0 Å². The molecular formula is C28H48N6. The predicted molar refractivity (Wildman–Crippen MR) is 138 cm³/mol. The van der Waals surface area contributed by atoms with E-state index in [9.17, 15) is 0 Å². The summed E-state index contributed by atoms with van der Waals surface area (Å²) >= 11 is 0. The summed E-state index contributed by atoms with van der Waals surface area (Å²) in [5.74, 6) is 8.09. The van der Waals surface area contributed by atoms with Crippen LogP contribution in [0.1, 0.15) is 77.0 Å². The topological polar surface area (TPSA) is 19.4 Å². The predicted octanol–water partition coefficient (Wildman–Crippen LogP) is 2.87. The van der Waals surface area contributed by atoms with E-state index in [4.69, 9.17) is 0 Å². The Hall–Kier alpha value is -0.680. The SMILES string of the molecule is C(#CC(N1CCCC1)(N1CCCC1)N1CCCC1)C(N1CCCC1)(N1CCCC1)N1CCCC1. The van der Waals surface area contributed by atoms with Gasteiger partial charge in [0, 0.05) is 78.5 Å². The highest BCUT2D eigenvalue weighted by Gasteiger charge is 2.52. The van der Waals surface area contributed by atoms with Crippen LogP contribution in [0.3, 0.4) is 0 Å². The number of rotatable bonds is 6. The van der Waals surface area contributed by atoms with Gasteiger partial charge in [-0.3, -0.25) is 29.4 Å². The molecule has 190 valence electrons. The highest BCUT2D eigenvalue weighted by Crippen LogP contribution is 2.38. The summed E-state index contributed by atoms with van der Waals surface area (Å²) < 4.78 is 0. The maximum absolute atomic E-state index is 4.23. The fraction of sp³-hybridized carbons (Fsp3) is 0.929. The van der Waals surface area contributed by atoms with E-state index in [0.717, 1.165) is 0 Å². The monoisotopic (exact) mass is 468 g/mol. The Kier molecular flexibility index (Phi) is 7.22. The zero-order valence-corrected chi connectivity index (χ0v) is 21.7. The summed E-state index contributed by atoms with van der Waals surface area (Å²) in [5.41, 5.74) is 0. The first kappa shape index (κ1) is 23.7. The molecule has 0 N–H and O–H groups in total. The number of hydrogen-bond acceptors (Lipinski definition) is 6. The molecule has 34 heavy (non-hydrogen) atoms. The Morgan fingerprint density at radius 1 is 0.265 bits per heavy atom. The van der Waals surface area contributed by atoms with Crippen molar-refractivity contribution in [2.24, 2.45) is 0 Å². The molecule has 0 amide bonds. The lowest BCUT2D eigenvalue weighted by Crippen LogP contribution is -2.70. The maximum atomic E-state index is 4.23. The first-order valence-electron chi connectivity index (χ1n) is 14.9. The smallest absolute Gasteiger partial charge is 0.196 e. The van der Waals surface area contributed by atoms with Crippen molar-refractivity contribution in [1.82, 2.24) is 29.4 Å². The van der Waals surface area contributed by atoms with Crippen molar-refractivity contribution in [2.75, 3.05) is 78.5 Å². The second-order valence-electron chi connectivity index (χ2n) is 11.7. The van der Waals surface area contributed by atoms with Crippen molar-refractivity contribution in [3.05, 3.63) is 0 Å². The first-order valence-corrected chi connectivity index (χ1v) is 14.9. The Labute approximate surface area is 208 Å². The fourth-order valence-corrected chi connectivity index (χ4v) is 8.02. The summed E-state index contributed by atoms with van der Waals surface area (Å²) in [6.07, 6.45) is 16.0. The summed E-state index contributed by atoms with van der Waals surface area (Å²) in [6, 6.07) is 0. The lowest BCUT2D eigenvalue weighted by molar-refractivity contribution is -0.109. The van der Waals surface area contributed by atoms with Crippen molar-refractivity contribution >= 4 is 0 Å². The van der Waals surface area contributed by atoms with E-state index in [-0.39, 0.29) is 11.6 Å². The average Bonchev–Trinajstić information content (AvgIpc) is 3.73. The molecule has 0 aliphatic carbocycles. The van der Waals surface area contributed by atoms with Gasteiger partial charge in [0.15, 0.2) is 11.6 Å². The lowest BCUT2D eigenvalue weighted by atomic mass is 10.1. The number of nitrogens with zero attached hydrogens (tertiary/aromatic N) is 6. The van der Waals surface area contributed by atoms with Crippen molar-refractivity contribution in [3.63, 3.8) is 0 Å². The number of likely N-dealkylation sites (tertiary alicyclic amines) is 6. The zero-order valence-electron chi connectivity index (χ0n) is 21.7. The second-order valence-corrected chi connectivity index (χ2v) is 11.7. The molecule has 0 bridgehead atoms. The molecule has 6 nitrogen and oxygen atoms in total. The molecule has 0 aromatic heterocycles. The minimum Gasteiger partial charge on any atom is -0.262 e. The fourth-order valence-electron chi connectivity index (χ4n) is 8.02. The van der Waals surface area contributed by atoms with Crippen LogP contribution in [0.5, 0.6) is 0 Å². The van der Waals surface area contributed by atoms with E-state index in [1.165, 1.54) is 156 Å². The molecule has 6 heteroatoms. The highest BCUT2D eigenvalue weighted by atomic mass is 15.6. The van der Waals surface area contributed by atoms with E-state index in [1.807, 2.05) is 0 Å². The van der Waals surface area contributed by atoms with Crippen LogP contribution in [0.2, 0.25) is 0 Å². The molecule has 6 aliphatic rings. The van der Waals surface area contributed by atoms with Gasteiger partial charge in [-0.05, 0) is 88.9 Å². The Balaban J connectivity index is 1.48. The van der Waals surface area contributed by atoms with Crippen LogP contribution in [0.15, 0.2) is 0 Å². The first-order chi connectivity index (χ1) is 16.8. The van der Waals surface area contributed by atoms with Crippen molar-refractivity contribution in [1.29, 1.82) is 0 Å². The minimum absolute atomic E-state index is 0.187. The van der Waals surface area contributed by atoms with Crippen LogP contribution in [0.25, 0.3) is 0 Å².